The third kappa shape index (κ3) is 2.32. The van der Waals surface area contributed by atoms with E-state index in [0.29, 0.717) is 18.0 Å². The van der Waals surface area contributed by atoms with Crippen LogP contribution in [0.1, 0.15) is 43.0 Å². The lowest BCUT2D eigenvalue weighted by atomic mass is 9.87. The summed E-state index contributed by atoms with van der Waals surface area (Å²) in [6, 6.07) is 7.71. The standard InChI is InChI=1S/C16H26N2/c1-11(2)18-9-8-14(10-17)16(18)15-12(3)6-5-7-13(15)4/h5-7,11,14,16H,8-10,17H2,1-4H3. The van der Waals surface area contributed by atoms with Gasteiger partial charge in [0.15, 0.2) is 0 Å². The summed E-state index contributed by atoms with van der Waals surface area (Å²) in [4.78, 5) is 2.62. The number of hydrogen-bond donors (Lipinski definition) is 1. The Bertz CT molecular complexity index is 391. The van der Waals surface area contributed by atoms with Gasteiger partial charge in [0.05, 0.1) is 0 Å². The predicted octanol–water partition coefficient (Wildman–Crippen LogP) is 3.03. The van der Waals surface area contributed by atoms with Gasteiger partial charge in [-0.3, -0.25) is 4.90 Å². The first-order valence-electron chi connectivity index (χ1n) is 7.08. The van der Waals surface area contributed by atoms with Crippen molar-refractivity contribution in [1.82, 2.24) is 4.90 Å². The van der Waals surface area contributed by atoms with Crippen molar-refractivity contribution in [3.63, 3.8) is 0 Å². The molecule has 1 aromatic rings. The zero-order valence-corrected chi connectivity index (χ0v) is 12.1. The number of nitrogens with two attached hydrogens (primary N) is 1. The average Bonchev–Trinajstić information content (AvgIpc) is 2.72. The highest BCUT2D eigenvalue weighted by Crippen LogP contribution is 2.40. The van der Waals surface area contributed by atoms with E-state index in [1.807, 2.05) is 0 Å². The van der Waals surface area contributed by atoms with Crippen molar-refractivity contribution in [2.75, 3.05) is 13.1 Å². The maximum absolute atomic E-state index is 6.00. The Morgan fingerprint density at radius 1 is 1.28 bits per heavy atom. The third-order valence-corrected chi connectivity index (χ3v) is 4.37. The smallest absolute Gasteiger partial charge is 0.0396 e. The van der Waals surface area contributed by atoms with Gasteiger partial charge in [-0.2, -0.15) is 0 Å². The van der Waals surface area contributed by atoms with Gasteiger partial charge >= 0.3 is 0 Å². The van der Waals surface area contributed by atoms with Gasteiger partial charge in [0.2, 0.25) is 0 Å². The molecule has 0 saturated carbocycles. The summed E-state index contributed by atoms with van der Waals surface area (Å²) >= 11 is 0. The van der Waals surface area contributed by atoms with Gasteiger partial charge in [0.25, 0.3) is 0 Å². The fourth-order valence-corrected chi connectivity index (χ4v) is 3.40. The van der Waals surface area contributed by atoms with Crippen molar-refractivity contribution < 1.29 is 0 Å². The molecular weight excluding hydrogens is 220 g/mol. The summed E-state index contributed by atoms with van der Waals surface area (Å²) in [5, 5.41) is 0. The van der Waals surface area contributed by atoms with E-state index in [4.69, 9.17) is 5.73 Å². The Labute approximate surface area is 111 Å². The summed E-state index contributed by atoms with van der Waals surface area (Å²) < 4.78 is 0. The van der Waals surface area contributed by atoms with Crippen LogP contribution in [0, 0.1) is 19.8 Å². The Kier molecular flexibility index (Phi) is 4.08. The van der Waals surface area contributed by atoms with Crippen LogP contribution in [0.4, 0.5) is 0 Å². The minimum atomic E-state index is 0.510. The van der Waals surface area contributed by atoms with E-state index in [0.717, 1.165) is 6.54 Å². The van der Waals surface area contributed by atoms with Crippen LogP contribution >= 0.6 is 0 Å². The molecule has 1 saturated heterocycles. The first-order valence-corrected chi connectivity index (χ1v) is 7.08. The Morgan fingerprint density at radius 2 is 1.89 bits per heavy atom. The molecular formula is C16H26N2. The zero-order chi connectivity index (χ0) is 13.3. The fraction of sp³-hybridized carbons (Fsp3) is 0.625. The third-order valence-electron chi connectivity index (χ3n) is 4.37. The number of likely N-dealkylation sites (tertiary alicyclic amines) is 1. The van der Waals surface area contributed by atoms with Gasteiger partial charge in [0, 0.05) is 12.1 Å². The van der Waals surface area contributed by atoms with E-state index in [1.165, 1.54) is 29.7 Å². The van der Waals surface area contributed by atoms with E-state index in [-0.39, 0.29) is 0 Å². The van der Waals surface area contributed by atoms with Gasteiger partial charge < -0.3 is 5.73 Å². The second-order valence-electron chi connectivity index (χ2n) is 5.87. The van der Waals surface area contributed by atoms with Crippen molar-refractivity contribution >= 4 is 0 Å². The van der Waals surface area contributed by atoms with Gasteiger partial charge in [-0.1, -0.05) is 18.2 Å². The number of benzene rings is 1. The molecule has 0 bridgehead atoms. The topological polar surface area (TPSA) is 29.3 Å². The molecule has 2 atom stereocenters. The number of hydrogen-bond acceptors (Lipinski definition) is 2. The molecule has 1 heterocycles. The van der Waals surface area contributed by atoms with Gasteiger partial charge in [-0.25, -0.2) is 0 Å². The Hall–Kier alpha value is -0.860. The molecule has 1 aromatic carbocycles. The molecule has 2 rings (SSSR count). The molecule has 100 valence electrons. The van der Waals surface area contributed by atoms with Crippen LogP contribution < -0.4 is 5.73 Å². The molecule has 1 aliphatic heterocycles. The lowest BCUT2D eigenvalue weighted by molar-refractivity contribution is 0.183. The lowest BCUT2D eigenvalue weighted by Crippen LogP contribution is -2.34. The lowest BCUT2D eigenvalue weighted by Gasteiger charge is -2.33. The molecule has 0 radical (unpaired) electrons. The van der Waals surface area contributed by atoms with Crippen LogP contribution in [0.2, 0.25) is 0 Å². The van der Waals surface area contributed by atoms with E-state index in [1.54, 1.807) is 0 Å². The van der Waals surface area contributed by atoms with Crippen LogP contribution in [-0.2, 0) is 0 Å². The quantitative estimate of drug-likeness (QED) is 0.888. The zero-order valence-electron chi connectivity index (χ0n) is 12.1. The summed E-state index contributed by atoms with van der Waals surface area (Å²) in [5.41, 5.74) is 10.3. The number of rotatable bonds is 3. The normalized spacial score (nSPS) is 25.0. The molecule has 0 amide bonds. The molecule has 2 heteroatoms. The van der Waals surface area contributed by atoms with Gasteiger partial charge in [0.1, 0.15) is 0 Å². The van der Waals surface area contributed by atoms with Crippen molar-refractivity contribution in [2.45, 2.75) is 46.2 Å². The highest BCUT2D eigenvalue weighted by atomic mass is 15.2. The largest absolute Gasteiger partial charge is 0.330 e. The SMILES string of the molecule is Cc1cccc(C)c1C1C(CN)CCN1C(C)C. The van der Waals surface area contributed by atoms with E-state index < -0.39 is 0 Å². The fourth-order valence-electron chi connectivity index (χ4n) is 3.40. The van der Waals surface area contributed by atoms with Gasteiger partial charge in [-0.05, 0) is 69.8 Å². The Balaban J connectivity index is 2.44. The average molecular weight is 246 g/mol. The summed E-state index contributed by atoms with van der Waals surface area (Å²) in [7, 11) is 0. The van der Waals surface area contributed by atoms with Crippen molar-refractivity contribution in [3.8, 4) is 0 Å². The van der Waals surface area contributed by atoms with Crippen LogP contribution in [0.25, 0.3) is 0 Å². The molecule has 0 spiro atoms. The molecule has 1 aliphatic rings. The molecule has 1 fully saturated rings. The first-order chi connectivity index (χ1) is 8.56. The molecule has 0 aliphatic carbocycles. The van der Waals surface area contributed by atoms with Crippen molar-refractivity contribution in [3.05, 3.63) is 34.9 Å². The van der Waals surface area contributed by atoms with E-state index in [2.05, 4.69) is 50.8 Å². The van der Waals surface area contributed by atoms with Crippen LogP contribution in [0.15, 0.2) is 18.2 Å². The summed E-state index contributed by atoms with van der Waals surface area (Å²) in [6.45, 7) is 11.0. The van der Waals surface area contributed by atoms with Gasteiger partial charge in [-0.15, -0.1) is 0 Å². The maximum atomic E-state index is 6.00. The molecule has 2 N–H and O–H groups in total. The van der Waals surface area contributed by atoms with E-state index in [9.17, 15) is 0 Å². The van der Waals surface area contributed by atoms with Crippen molar-refractivity contribution in [1.29, 1.82) is 0 Å². The highest BCUT2D eigenvalue weighted by Gasteiger charge is 2.36. The van der Waals surface area contributed by atoms with Crippen LogP contribution in [0.5, 0.6) is 0 Å². The number of aryl methyl sites for hydroxylation is 2. The minimum Gasteiger partial charge on any atom is -0.330 e. The van der Waals surface area contributed by atoms with Crippen molar-refractivity contribution in [2.24, 2.45) is 11.7 Å². The Morgan fingerprint density at radius 3 is 2.39 bits per heavy atom. The second-order valence-corrected chi connectivity index (χ2v) is 5.87. The van der Waals surface area contributed by atoms with E-state index >= 15 is 0 Å². The predicted molar refractivity (Wildman–Crippen MR) is 77.7 cm³/mol. The van der Waals surface area contributed by atoms with Crippen LogP contribution in [-0.4, -0.2) is 24.0 Å². The first kappa shape index (κ1) is 13.6. The molecule has 2 nitrogen and oxygen atoms in total. The molecule has 18 heavy (non-hydrogen) atoms. The molecule has 2 unspecified atom stereocenters. The monoisotopic (exact) mass is 246 g/mol. The summed E-state index contributed by atoms with van der Waals surface area (Å²) in [5.74, 6) is 0.604. The molecule has 0 aromatic heterocycles. The maximum Gasteiger partial charge on any atom is 0.0396 e. The summed E-state index contributed by atoms with van der Waals surface area (Å²) in [6.07, 6.45) is 1.23. The highest BCUT2D eigenvalue weighted by molar-refractivity contribution is 5.37. The minimum absolute atomic E-state index is 0.510. The van der Waals surface area contributed by atoms with Crippen LogP contribution in [0.3, 0.4) is 0 Å². The second kappa shape index (κ2) is 5.41. The number of nitrogens with zero attached hydrogens (tertiary/aromatic N) is 1.